The van der Waals surface area contributed by atoms with E-state index in [9.17, 15) is 4.79 Å². The molecule has 0 bridgehead atoms. The van der Waals surface area contributed by atoms with E-state index in [1.165, 1.54) is 11.3 Å². The van der Waals surface area contributed by atoms with Crippen molar-refractivity contribution < 1.29 is 9.90 Å². The molecule has 0 spiro atoms. The fourth-order valence-electron chi connectivity index (χ4n) is 2.06. The fourth-order valence-corrected chi connectivity index (χ4v) is 2.92. The molecule has 5 heteroatoms. The minimum Gasteiger partial charge on any atom is -0.481 e. The van der Waals surface area contributed by atoms with Crippen molar-refractivity contribution in [2.45, 2.75) is 12.8 Å². The number of carboxylic acids is 1. The van der Waals surface area contributed by atoms with Gasteiger partial charge in [-0.3, -0.25) is 9.78 Å². The van der Waals surface area contributed by atoms with Crippen LogP contribution in [0.4, 0.5) is 0 Å². The van der Waals surface area contributed by atoms with E-state index in [-0.39, 0.29) is 6.42 Å². The van der Waals surface area contributed by atoms with E-state index in [4.69, 9.17) is 5.11 Å². The first-order chi connectivity index (χ1) is 9.74. The molecule has 20 heavy (non-hydrogen) atoms. The second kappa shape index (κ2) is 5.38. The van der Waals surface area contributed by atoms with Crippen LogP contribution in [-0.4, -0.2) is 21.0 Å². The summed E-state index contributed by atoms with van der Waals surface area (Å²) in [7, 11) is 0. The monoisotopic (exact) mass is 284 g/mol. The number of hydrogen-bond donors (Lipinski definition) is 1. The largest absolute Gasteiger partial charge is 0.481 e. The number of benzene rings is 1. The van der Waals surface area contributed by atoms with Gasteiger partial charge < -0.3 is 5.11 Å². The molecule has 0 saturated carbocycles. The van der Waals surface area contributed by atoms with Crippen LogP contribution in [0.25, 0.3) is 21.5 Å². The summed E-state index contributed by atoms with van der Waals surface area (Å²) in [6.45, 7) is 0. The molecule has 1 aromatic carbocycles. The van der Waals surface area contributed by atoms with Gasteiger partial charge in [0.15, 0.2) is 0 Å². The van der Waals surface area contributed by atoms with Gasteiger partial charge in [-0.15, -0.1) is 11.3 Å². The summed E-state index contributed by atoms with van der Waals surface area (Å²) in [4.78, 5) is 19.5. The van der Waals surface area contributed by atoms with Gasteiger partial charge in [-0.1, -0.05) is 24.3 Å². The highest BCUT2D eigenvalue weighted by molar-refractivity contribution is 7.13. The van der Waals surface area contributed by atoms with E-state index >= 15 is 0 Å². The molecular weight excluding hydrogens is 272 g/mol. The molecule has 0 fully saturated rings. The standard InChI is InChI=1S/C15H12N2O2S/c18-13(19)6-5-11-9-20-15(17-11)14-12-4-2-1-3-10(12)7-8-16-14/h1-4,7-9H,5-6H2,(H,18,19). The molecule has 1 N–H and O–H groups in total. The van der Waals surface area contributed by atoms with Crippen molar-refractivity contribution in [2.75, 3.05) is 0 Å². The van der Waals surface area contributed by atoms with Crippen molar-refractivity contribution in [2.24, 2.45) is 0 Å². The molecular formula is C15H12N2O2S. The maximum absolute atomic E-state index is 10.6. The average molecular weight is 284 g/mol. The third-order valence-electron chi connectivity index (χ3n) is 3.02. The molecule has 0 unspecified atom stereocenters. The van der Waals surface area contributed by atoms with Crippen LogP contribution in [0.5, 0.6) is 0 Å². The van der Waals surface area contributed by atoms with E-state index in [1.54, 1.807) is 6.20 Å². The lowest BCUT2D eigenvalue weighted by Crippen LogP contribution is -1.97. The van der Waals surface area contributed by atoms with Crippen molar-refractivity contribution in [3.63, 3.8) is 0 Å². The summed E-state index contributed by atoms with van der Waals surface area (Å²) in [5.74, 6) is -0.803. The van der Waals surface area contributed by atoms with Gasteiger partial charge in [0.1, 0.15) is 10.7 Å². The molecule has 2 heterocycles. The Labute approximate surface area is 119 Å². The molecule has 0 aliphatic heterocycles. The van der Waals surface area contributed by atoms with E-state index in [2.05, 4.69) is 9.97 Å². The number of rotatable bonds is 4. The van der Waals surface area contributed by atoms with Crippen molar-refractivity contribution in [3.8, 4) is 10.7 Å². The molecule has 0 saturated heterocycles. The van der Waals surface area contributed by atoms with Crippen LogP contribution < -0.4 is 0 Å². The highest BCUT2D eigenvalue weighted by atomic mass is 32.1. The quantitative estimate of drug-likeness (QED) is 0.797. The average Bonchev–Trinajstić information content (AvgIpc) is 2.93. The summed E-state index contributed by atoms with van der Waals surface area (Å²) < 4.78 is 0. The summed E-state index contributed by atoms with van der Waals surface area (Å²) in [6, 6.07) is 10.0. The van der Waals surface area contributed by atoms with E-state index < -0.39 is 5.97 Å². The first-order valence-electron chi connectivity index (χ1n) is 6.24. The molecule has 3 rings (SSSR count). The number of nitrogens with zero attached hydrogens (tertiary/aromatic N) is 2. The third kappa shape index (κ3) is 2.53. The molecule has 0 atom stereocenters. The van der Waals surface area contributed by atoms with Crippen LogP contribution in [0.15, 0.2) is 41.9 Å². The number of aromatic nitrogens is 2. The highest BCUT2D eigenvalue weighted by Crippen LogP contribution is 2.28. The van der Waals surface area contributed by atoms with Crippen LogP contribution in [-0.2, 0) is 11.2 Å². The van der Waals surface area contributed by atoms with Crippen LogP contribution >= 0.6 is 11.3 Å². The predicted octanol–water partition coefficient (Wildman–Crippen LogP) is 3.38. The predicted molar refractivity (Wildman–Crippen MR) is 78.8 cm³/mol. The topological polar surface area (TPSA) is 63.1 Å². The van der Waals surface area contributed by atoms with Gasteiger partial charge in [-0.25, -0.2) is 4.98 Å². The van der Waals surface area contributed by atoms with Crippen molar-refractivity contribution >= 4 is 28.1 Å². The number of thiazole rings is 1. The number of fused-ring (bicyclic) bond motifs is 1. The summed E-state index contributed by atoms with van der Waals surface area (Å²) in [5, 5.41) is 13.6. The van der Waals surface area contributed by atoms with Crippen LogP contribution in [0, 0.1) is 0 Å². The Bertz CT molecular complexity index is 762. The zero-order chi connectivity index (χ0) is 13.9. The van der Waals surface area contributed by atoms with Crippen molar-refractivity contribution in [1.82, 2.24) is 9.97 Å². The molecule has 0 aliphatic carbocycles. The minimum absolute atomic E-state index is 0.103. The lowest BCUT2D eigenvalue weighted by molar-refractivity contribution is -0.136. The van der Waals surface area contributed by atoms with E-state index in [0.717, 1.165) is 27.2 Å². The molecule has 2 aromatic heterocycles. The summed E-state index contributed by atoms with van der Waals surface area (Å²) >= 11 is 1.50. The van der Waals surface area contributed by atoms with E-state index in [0.29, 0.717) is 6.42 Å². The van der Waals surface area contributed by atoms with Crippen molar-refractivity contribution in [1.29, 1.82) is 0 Å². The molecule has 0 radical (unpaired) electrons. The summed E-state index contributed by atoms with van der Waals surface area (Å²) in [5.41, 5.74) is 1.66. The normalized spacial score (nSPS) is 10.8. The van der Waals surface area contributed by atoms with Crippen LogP contribution in [0.1, 0.15) is 12.1 Å². The number of carbonyl (C=O) groups is 1. The molecule has 4 nitrogen and oxygen atoms in total. The Morgan fingerprint density at radius 2 is 2.10 bits per heavy atom. The number of carboxylic acid groups (broad SMARTS) is 1. The Hall–Kier alpha value is -2.27. The Balaban J connectivity index is 1.97. The van der Waals surface area contributed by atoms with Gasteiger partial charge in [-0.2, -0.15) is 0 Å². The second-order valence-electron chi connectivity index (χ2n) is 4.42. The van der Waals surface area contributed by atoms with Gasteiger partial charge in [-0.05, 0) is 11.5 Å². The zero-order valence-electron chi connectivity index (χ0n) is 10.6. The number of aliphatic carboxylic acids is 1. The Kier molecular flexibility index (Phi) is 3.43. The van der Waals surface area contributed by atoms with Gasteiger partial charge in [0.05, 0.1) is 12.1 Å². The smallest absolute Gasteiger partial charge is 0.303 e. The third-order valence-corrected chi connectivity index (χ3v) is 3.92. The minimum atomic E-state index is -0.803. The summed E-state index contributed by atoms with van der Waals surface area (Å²) in [6.07, 6.45) is 2.33. The SMILES string of the molecule is O=C(O)CCc1csc(-c2nccc3ccccc23)n1. The van der Waals surface area contributed by atoms with E-state index in [1.807, 2.05) is 35.7 Å². The molecule has 100 valence electrons. The zero-order valence-corrected chi connectivity index (χ0v) is 11.4. The number of aryl methyl sites for hydroxylation is 1. The first-order valence-corrected chi connectivity index (χ1v) is 7.12. The highest BCUT2D eigenvalue weighted by Gasteiger charge is 2.10. The van der Waals surface area contributed by atoms with Gasteiger partial charge >= 0.3 is 5.97 Å². The molecule has 0 amide bonds. The fraction of sp³-hybridized carbons (Fsp3) is 0.133. The maximum Gasteiger partial charge on any atom is 0.303 e. The Morgan fingerprint density at radius 1 is 1.25 bits per heavy atom. The van der Waals surface area contributed by atoms with Gasteiger partial charge in [0.2, 0.25) is 0 Å². The first kappa shape index (κ1) is 12.7. The van der Waals surface area contributed by atoms with Gasteiger partial charge in [0, 0.05) is 23.4 Å². The van der Waals surface area contributed by atoms with Crippen molar-refractivity contribution in [3.05, 3.63) is 47.6 Å². The molecule has 3 aromatic rings. The lowest BCUT2D eigenvalue weighted by atomic mass is 10.1. The number of hydrogen-bond acceptors (Lipinski definition) is 4. The van der Waals surface area contributed by atoms with Crippen LogP contribution in [0.3, 0.4) is 0 Å². The van der Waals surface area contributed by atoms with Gasteiger partial charge in [0.25, 0.3) is 0 Å². The lowest BCUT2D eigenvalue weighted by Gasteiger charge is -2.01. The molecule has 0 aliphatic rings. The maximum atomic E-state index is 10.6. The Morgan fingerprint density at radius 3 is 2.95 bits per heavy atom. The second-order valence-corrected chi connectivity index (χ2v) is 5.28. The number of pyridine rings is 1. The van der Waals surface area contributed by atoms with Crippen LogP contribution in [0.2, 0.25) is 0 Å².